The van der Waals surface area contributed by atoms with Crippen molar-refractivity contribution in [3.63, 3.8) is 0 Å². The fourth-order valence-corrected chi connectivity index (χ4v) is 3.65. The van der Waals surface area contributed by atoms with Crippen LogP contribution in [0.25, 0.3) is 11.0 Å². The molecule has 0 saturated carbocycles. The first-order valence-corrected chi connectivity index (χ1v) is 9.32. The van der Waals surface area contributed by atoms with Crippen molar-refractivity contribution in [2.75, 3.05) is 7.05 Å². The lowest BCUT2D eigenvalue weighted by atomic mass is 10.1. The molecule has 4 aromatic rings. The number of para-hydroxylation sites is 2. The van der Waals surface area contributed by atoms with Gasteiger partial charge in [0.05, 0.1) is 29.3 Å². The van der Waals surface area contributed by atoms with Crippen LogP contribution < -0.4 is 0 Å². The summed E-state index contributed by atoms with van der Waals surface area (Å²) in [5, 5.41) is 7.36. The van der Waals surface area contributed by atoms with E-state index < -0.39 is 0 Å². The molecule has 138 valence electrons. The second-order valence-corrected chi connectivity index (χ2v) is 7.19. The lowest BCUT2D eigenvalue weighted by Crippen LogP contribution is -2.21. The first-order valence-electron chi connectivity index (χ1n) is 9.32. The molecule has 0 bridgehead atoms. The number of rotatable bonds is 6. The van der Waals surface area contributed by atoms with Gasteiger partial charge in [0.2, 0.25) is 0 Å². The average Bonchev–Trinajstić information content (AvgIpc) is 3.24. The van der Waals surface area contributed by atoms with Gasteiger partial charge in [-0.3, -0.25) is 10.00 Å². The van der Waals surface area contributed by atoms with Crippen molar-refractivity contribution in [1.29, 1.82) is 0 Å². The number of nitrogens with one attached hydrogen (secondary N) is 1. The van der Waals surface area contributed by atoms with Gasteiger partial charge in [-0.05, 0) is 44.7 Å². The fourth-order valence-electron chi connectivity index (χ4n) is 3.65. The van der Waals surface area contributed by atoms with Crippen LogP contribution in [-0.4, -0.2) is 31.7 Å². The van der Waals surface area contributed by atoms with E-state index in [2.05, 4.69) is 88.2 Å². The highest BCUT2D eigenvalue weighted by Crippen LogP contribution is 2.26. The molecule has 27 heavy (non-hydrogen) atoms. The van der Waals surface area contributed by atoms with Crippen LogP contribution in [0.3, 0.4) is 0 Å². The summed E-state index contributed by atoms with van der Waals surface area (Å²) >= 11 is 0. The summed E-state index contributed by atoms with van der Waals surface area (Å²) in [5.41, 5.74) is 5.64. The third kappa shape index (κ3) is 3.64. The van der Waals surface area contributed by atoms with Gasteiger partial charge in [0, 0.05) is 12.2 Å². The van der Waals surface area contributed by atoms with Gasteiger partial charge in [-0.2, -0.15) is 5.10 Å². The monoisotopic (exact) mass is 359 g/mol. The highest BCUT2D eigenvalue weighted by atomic mass is 15.2. The first-order chi connectivity index (χ1) is 13.1. The van der Waals surface area contributed by atoms with Crippen molar-refractivity contribution < 1.29 is 0 Å². The lowest BCUT2D eigenvalue weighted by Gasteiger charge is -2.21. The zero-order chi connectivity index (χ0) is 18.8. The summed E-state index contributed by atoms with van der Waals surface area (Å²) in [5.74, 6) is 1.07. The van der Waals surface area contributed by atoms with Crippen LogP contribution in [0.4, 0.5) is 0 Å². The van der Waals surface area contributed by atoms with E-state index in [0.717, 1.165) is 35.8 Å². The van der Waals surface area contributed by atoms with E-state index in [9.17, 15) is 0 Å². The molecular formula is C22H25N5. The second kappa shape index (κ2) is 7.37. The summed E-state index contributed by atoms with van der Waals surface area (Å²) in [6.07, 6.45) is 0. The van der Waals surface area contributed by atoms with Crippen LogP contribution >= 0.6 is 0 Å². The number of H-pyrrole nitrogens is 1. The van der Waals surface area contributed by atoms with Gasteiger partial charge in [-0.1, -0.05) is 42.5 Å². The van der Waals surface area contributed by atoms with Crippen molar-refractivity contribution in [3.8, 4) is 0 Å². The molecule has 0 fully saturated rings. The molecule has 2 heterocycles. The average molecular weight is 359 g/mol. The lowest BCUT2D eigenvalue weighted by molar-refractivity contribution is 0.300. The molecule has 0 aliphatic carbocycles. The molecule has 1 N–H and O–H groups in total. The number of aromatic amines is 1. The predicted octanol–water partition coefficient (Wildman–Crippen LogP) is 4.31. The van der Waals surface area contributed by atoms with E-state index in [0.29, 0.717) is 0 Å². The maximum Gasteiger partial charge on any atom is 0.124 e. The van der Waals surface area contributed by atoms with E-state index in [1.807, 2.05) is 13.0 Å². The van der Waals surface area contributed by atoms with E-state index in [-0.39, 0.29) is 6.04 Å². The Balaban J connectivity index is 1.67. The topological polar surface area (TPSA) is 49.7 Å². The van der Waals surface area contributed by atoms with Crippen LogP contribution in [0.2, 0.25) is 0 Å². The maximum absolute atomic E-state index is 4.94. The number of aryl methyl sites for hydroxylation is 1. The Labute approximate surface area is 159 Å². The molecule has 0 spiro atoms. The number of imidazole rings is 1. The molecule has 0 amide bonds. The predicted molar refractivity (Wildman–Crippen MR) is 108 cm³/mol. The molecule has 1 atom stereocenters. The third-order valence-electron chi connectivity index (χ3n) is 4.94. The highest BCUT2D eigenvalue weighted by Gasteiger charge is 2.18. The molecular weight excluding hydrogens is 334 g/mol. The Morgan fingerprint density at radius 1 is 1.04 bits per heavy atom. The van der Waals surface area contributed by atoms with E-state index >= 15 is 0 Å². The summed E-state index contributed by atoms with van der Waals surface area (Å²) < 4.78 is 2.36. The second-order valence-electron chi connectivity index (χ2n) is 7.19. The van der Waals surface area contributed by atoms with Crippen molar-refractivity contribution in [1.82, 2.24) is 24.6 Å². The molecule has 0 aliphatic heterocycles. The van der Waals surface area contributed by atoms with Gasteiger partial charge < -0.3 is 4.57 Å². The van der Waals surface area contributed by atoms with E-state index in [4.69, 9.17) is 4.98 Å². The molecule has 0 saturated heterocycles. The summed E-state index contributed by atoms with van der Waals surface area (Å²) in [7, 11) is 2.11. The van der Waals surface area contributed by atoms with E-state index in [1.54, 1.807) is 0 Å². The SMILES string of the molecule is Cc1cc(CN(C)Cc2nc3ccccc3n2[C@H](C)c2ccccc2)n[nH]1. The third-order valence-corrected chi connectivity index (χ3v) is 4.94. The van der Waals surface area contributed by atoms with Crippen LogP contribution in [0.1, 0.15) is 35.7 Å². The normalized spacial score (nSPS) is 12.7. The summed E-state index contributed by atoms with van der Waals surface area (Å²) in [4.78, 5) is 7.19. The summed E-state index contributed by atoms with van der Waals surface area (Å²) in [6.45, 7) is 5.81. The quantitative estimate of drug-likeness (QED) is 0.558. The van der Waals surface area contributed by atoms with E-state index in [1.165, 1.54) is 11.1 Å². The molecule has 2 aromatic heterocycles. The molecule has 5 heteroatoms. The number of benzene rings is 2. The highest BCUT2D eigenvalue weighted by molar-refractivity contribution is 5.76. The van der Waals surface area contributed by atoms with Gasteiger partial charge in [-0.15, -0.1) is 0 Å². The first kappa shape index (κ1) is 17.5. The van der Waals surface area contributed by atoms with Crippen LogP contribution in [0.5, 0.6) is 0 Å². The Hall–Kier alpha value is -2.92. The minimum atomic E-state index is 0.217. The Morgan fingerprint density at radius 3 is 2.52 bits per heavy atom. The van der Waals surface area contributed by atoms with Gasteiger partial charge in [0.15, 0.2) is 0 Å². The van der Waals surface area contributed by atoms with Gasteiger partial charge in [0.25, 0.3) is 0 Å². The summed E-state index contributed by atoms with van der Waals surface area (Å²) in [6, 6.07) is 21.3. The molecule has 2 aromatic carbocycles. The largest absolute Gasteiger partial charge is 0.320 e. The van der Waals surface area contributed by atoms with Gasteiger partial charge >= 0.3 is 0 Å². The molecule has 5 nitrogen and oxygen atoms in total. The smallest absolute Gasteiger partial charge is 0.124 e. The van der Waals surface area contributed by atoms with Crippen molar-refractivity contribution in [2.45, 2.75) is 33.0 Å². The number of fused-ring (bicyclic) bond motifs is 1. The molecule has 0 unspecified atom stereocenters. The number of hydrogen-bond acceptors (Lipinski definition) is 3. The Morgan fingerprint density at radius 2 is 1.78 bits per heavy atom. The molecule has 0 radical (unpaired) electrons. The maximum atomic E-state index is 4.94. The standard InChI is InChI=1S/C22H25N5/c1-16-13-19(25-24-16)14-26(3)15-22-23-20-11-7-8-12-21(20)27(22)17(2)18-9-5-4-6-10-18/h4-13,17H,14-15H2,1-3H3,(H,24,25)/t17-/m1/s1. The zero-order valence-corrected chi connectivity index (χ0v) is 16.1. The molecule has 4 rings (SSSR count). The van der Waals surface area contributed by atoms with Crippen LogP contribution in [-0.2, 0) is 13.1 Å². The zero-order valence-electron chi connectivity index (χ0n) is 16.1. The Bertz CT molecular complexity index is 1030. The number of nitrogens with zero attached hydrogens (tertiary/aromatic N) is 4. The van der Waals surface area contributed by atoms with Gasteiger partial charge in [-0.25, -0.2) is 4.98 Å². The van der Waals surface area contributed by atoms with Crippen LogP contribution in [0.15, 0.2) is 60.7 Å². The Kier molecular flexibility index (Phi) is 4.77. The van der Waals surface area contributed by atoms with Crippen molar-refractivity contribution in [3.05, 3.63) is 83.4 Å². The minimum Gasteiger partial charge on any atom is -0.320 e. The van der Waals surface area contributed by atoms with Crippen LogP contribution in [0, 0.1) is 6.92 Å². The van der Waals surface area contributed by atoms with Gasteiger partial charge in [0.1, 0.15) is 5.82 Å². The van der Waals surface area contributed by atoms with Crippen molar-refractivity contribution >= 4 is 11.0 Å². The van der Waals surface area contributed by atoms with Crippen molar-refractivity contribution in [2.24, 2.45) is 0 Å². The fraction of sp³-hybridized carbons (Fsp3) is 0.273. The minimum absolute atomic E-state index is 0.217. The number of aromatic nitrogens is 4. The number of hydrogen-bond donors (Lipinski definition) is 1. The molecule has 0 aliphatic rings.